The van der Waals surface area contributed by atoms with Crippen LogP contribution in [-0.4, -0.2) is 5.91 Å². The molecule has 1 heterocycles. The highest BCUT2D eigenvalue weighted by Crippen LogP contribution is 2.26. The fourth-order valence-corrected chi connectivity index (χ4v) is 2.55. The van der Waals surface area contributed by atoms with Crippen LogP contribution in [0.25, 0.3) is 0 Å². The molecule has 0 aliphatic heterocycles. The molecule has 1 amide bonds. The van der Waals surface area contributed by atoms with E-state index in [-0.39, 0.29) is 5.91 Å². The Bertz CT molecular complexity index is 527. The summed E-state index contributed by atoms with van der Waals surface area (Å²) >= 11 is 10.8. The number of hydrogen-bond donors (Lipinski definition) is 1. The van der Waals surface area contributed by atoms with E-state index < -0.39 is 0 Å². The summed E-state index contributed by atoms with van der Waals surface area (Å²) in [5, 5.41) is 7.34. The average molecular weight is 331 g/mol. The van der Waals surface area contributed by atoms with Crippen molar-refractivity contribution < 1.29 is 4.79 Å². The van der Waals surface area contributed by atoms with Crippen molar-refractivity contribution in [1.82, 2.24) is 0 Å². The van der Waals surface area contributed by atoms with Gasteiger partial charge in [-0.3, -0.25) is 4.79 Å². The van der Waals surface area contributed by atoms with Gasteiger partial charge in [-0.05, 0) is 56.5 Å². The summed E-state index contributed by atoms with van der Waals surface area (Å²) in [6.07, 6.45) is 0.377. The molecular weight excluding hydrogens is 322 g/mol. The van der Waals surface area contributed by atoms with Crippen LogP contribution in [-0.2, 0) is 11.2 Å². The van der Waals surface area contributed by atoms with E-state index in [1.165, 1.54) is 0 Å². The number of amides is 1. The predicted molar refractivity (Wildman–Crippen MR) is 75.8 cm³/mol. The summed E-state index contributed by atoms with van der Waals surface area (Å²) < 4.78 is 0.820. The lowest BCUT2D eigenvalue weighted by molar-refractivity contribution is -0.115. The Balaban J connectivity index is 2.05. The van der Waals surface area contributed by atoms with Gasteiger partial charge in [0.2, 0.25) is 5.91 Å². The van der Waals surface area contributed by atoms with Crippen LogP contribution in [0.15, 0.2) is 39.5 Å². The third-order valence-corrected chi connectivity index (χ3v) is 3.81. The van der Waals surface area contributed by atoms with Gasteiger partial charge in [0.1, 0.15) is 0 Å². The van der Waals surface area contributed by atoms with E-state index in [4.69, 9.17) is 11.6 Å². The Morgan fingerprint density at radius 1 is 1.41 bits per heavy atom. The molecule has 0 bridgehead atoms. The molecule has 0 unspecified atom stereocenters. The number of nitrogens with one attached hydrogen (secondary N) is 1. The monoisotopic (exact) mass is 329 g/mol. The van der Waals surface area contributed by atoms with Crippen molar-refractivity contribution >= 4 is 50.5 Å². The second-order valence-corrected chi connectivity index (χ2v) is 5.55. The maximum Gasteiger partial charge on any atom is 0.228 e. The van der Waals surface area contributed by atoms with Gasteiger partial charge in [-0.15, -0.1) is 0 Å². The minimum Gasteiger partial charge on any atom is -0.325 e. The number of anilines is 1. The lowest BCUT2D eigenvalue weighted by Gasteiger charge is -2.07. The van der Waals surface area contributed by atoms with Crippen LogP contribution < -0.4 is 5.32 Å². The summed E-state index contributed by atoms with van der Waals surface area (Å²) in [6, 6.07) is 7.23. The van der Waals surface area contributed by atoms with Gasteiger partial charge in [0.05, 0.1) is 12.1 Å². The minimum absolute atomic E-state index is 0.0497. The van der Waals surface area contributed by atoms with Crippen molar-refractivity contribution in [3.05, 3.63) is 50.1 Å². The first-order chi connectivity index (χ1) is 8.15. The van der Waals surface area contributed by atoms with Crippen molar-refractivity contribution in [3.63, 3.8) is 0 Å². The summed E-state index contributed by atoms with van der Waals surface area (Å²) in [7, 11) is 0. The molecule has 1 N–H and O–H groups in total. The van der Waals surface area contributed by atoms with Crippen molar-refractivity contribution in [2.24, 2.45) is 0 Å². The third kappa shape index (κ3) is 3.56. The van der Waals surface area contributed by atoms with Gasteiger partial charge in [0.25, 0.3) is 0 Å². The van der Waals surface area contributed by atoms with Crippen LogP contribution in [0.2, 0.25) is 5.02 Å². The van der Waals surface area contributed by atoms with Gasteiger partial charge in [-0.1, -0.05) is 11.6 Å². The molecule has 0 radical (unpaired) electrons. The zero-order chi connectivity index (χ0) is 12.3. The van der Waals surface area contributed by atoms with Gasteiger partial charge >= 0.3 is 0 Å². The van der Waals surface area contributed by atoms with Crippen LogP contribution in [0.4, 0.5) is 5.69 Å². The second kappa shape index (κ2) is 5.67. The first-order valence-electron chi connectivity index (χ1n) is 4.91. The fourth-order valence-electron chi connectivity index (χ4n) is 1.37. The standard InChI is InChI=1S/C12H9BrClNOS/c13-10-2-1-9(14)6-11(10)15-12(16)5-8-3-4-17-7-8/h1-4,6-7H,5H2,(H,15,16). The maximum atomic E-state index is 11.8. The lowest BCUT2D eigenvalue weighted by Crippen LogP contribution is -2.14. The molecule has 2 nitrogen and oxygen atoms in total. The molecule has 0 spiro atoms. The van der Waals surface area contributed by atoms with Crippen LogP contribution in [0.3, 0.4) is 0 Å². The molecule has 2 aromatic rings. The molecule has 0 fully saturated rings. The topological polar surface area (TPSA) is 29.1 Å². The van der Waals surface area contributed by atoms with Crippen molar-refractivity contribution in [2.45, 2.75) is 6.42 Å². The highest BCUT2D eigenvalue weighted by molar-refractivity contribution is 9.10. The number of benzene rings is 1. The van der Waals surface area contributed by atoms with Crippen LogP contribution in [0.1, 0.15) is 5.56 Å². The number of rotatable bonds is 3. The van der Waals surface area contributed by atoms with Gasteiger partial charge in [0.15, 0.2) is 0 Å². The zero-order valence-electron chi connectivity index (χ0n) is 8.74. The van der Waals surface area contributed by atoms with Crippen LogP contribution in [0, 0.1) is 0 Å². The number of hydrogen-bond acceptors (Lipinski definition) is 2. The Kier molecular flexibility index (Phi) is 4.20. The normalized spacial score (nSPS) is 10.2. The summed E-state index contributed by atoms with van der Waals surface area (Å²) in [4.78, 5) is 11.8. The predicted octanol–water partition coefficient (Wildman–Crippen LogP) is 4.35. The number of carbonyl (C=O) groups is 1. The Hall–Kier alpha value is -0.840. The molecule has 0 atom stereocenters. The highest BCUT2D eigenvalue weighted by atomic mass is 79.9. The van der Waals surface area contributed by atoms with E-state index in [2.05, 4.69) is 21.2 Å². The molecule has 88 valence electrons. The highest BCUT2D eigenvalue weighted by Gasteiger charge is 2.07. The Labute approximate surface area is 117 Å². The van der Waals surface area contributed by atoms with Gasteiger partial charge < -0.3 is 5.32 Å². The van der Waals surface area contributed by atoms with Crippen LogP contribution >= 0.6 is 38.9 Å². The minimum atomic E-state index is -0.0497. The largest absolute Gasteiger partial charge is 0.325 e. The molecule has 0 aliphatic carbocycles. The Morgan fingerprint density at radius 3 is 2.94 bits per heavy atom. The molecule has 5 heteroatoms. The first kappa shape index (κ1) is 12.6. The van der Waals surface area contributed by atoms with Crippen LogP contribution in [0.5, 0.6) is 0 Å². The second-order valence-electron chi connectivity index (χ2n) is 3.48. The molecule has 0 saturated heterocycles. The van der Waals surface area contributed by atoms with Gasteiger partial charge in [-0.25, -0.2) is 0 Å². The van der Waals surface area contributed by atoms with Crippen molar-refractivity contribution in [1.29, 1.82) is 0 Å². The van der Waals surface area contributed by atoms with Gasteiger partial charge in [0, 0.05) is 9.50 Å². The smallest absolute Gasteiger partial charge is 0.228 e. The van der Waals surface area contributed by atoms with E-state index in [9.17, 15) is 4.79 Å². The summed E-state index contributed by atoms with van der Waals surface area (Å²) in [5.41, 5.74) is 1.71. The van der Waals surface area contributed by atoms with Gasteiger partial charge in [-0.2, -0.15) is 11.3 Å². The fraction of sp³-hybridized carbons (Fsp3) is 0.0833. The van der Waals surface area contributed by atoms with E-state index in [0.29, 0.717) is 17.1 Å². The molecule has 17 heavy (non-hydrogen) atoms. The molecule has 2 rings (SSSR count). The van der Waals surface area contributed by atoms with E-state index in [0.717, 1.165) is 10.0 Å². The quantitative estimate of drug-likeness (QED) is 0.891. The maximum absolute atomic E-state index is 11.8. The summed E-state index contributed by atoms with van der Waals surface area (Å²) in [6.45, 7) is 0. The molecule has 0 saturated carbocycles. The number of carbonyl (C=O) groups excluding carboxylic acids is 1. The molecule has 1 aromatic carbocycles. The van der Waals surface area contributed by atoms with E-state index in [1.54, 1.807) is 23.5 Å². The average Bonchev–Trinajstić information content (AvgIpc) is 2.76. The molecule has 0 aliphatic rings. The lowest BCUT2D eigenvalue weighted by atomic mass is 10.2. The zero-order valence-corrected chi connectivity index (χ0v) is 11.9. The first-order valence-corrected chi connectivity index (χ1v) is 7.02. The SMILES string of the molecule is O=C(Cc1ccsc1)Nc1cc(Cl)ccc1Br. The number of thiophene rings is 1. The summed E-state index contributed by atoms with van der Waals surface area (Å²) in [5.74, 6) is -0.0497. The molecular formula is C12H9BrClNOS. The molecule has 1 aromatic heterocycles. The van der Waals surface area contributed by atoms with E-state index >= 15 is 0 Å². The Morgan fingerprint density at radius 2 is 2.24 bits per heavy atom. The van der Waals surface area contributed by atoms with Crippen molar-refractivity contribution in [3.8, 4) is 0 Å². The third-order valence-electron chi connectivity index (χ3n) is 2.15. The number of halogens is 2. The van der Waals surface area contributed by atoms with Crippen molar-refractivity contribution in [2.75, 3.05) is 5.32 Å². The van der Waals surface area contributed by atoms with E-state index in [1.807, 2.05) is 22.9 Å².